The van der Waals surface area contributed by atoms with Crippen LogP contribution in [0.2, 0.25) is 0 Å². The number of carbonyl (C=O) groups excluding carboxylic acids is 2. The topological polar surface area (TPSA) is 136 Å². The molecule has 12 heteroatoms. The summed E-state index contributed by atoms with van der Waals surface area (Å²) in [6, 6.07) is 4.51. The van der Waals surface area contributed by atoms with Gasteiger partial charge in [0.1, 0.15) is 11.0 Å². The molecule has 0 amide bonds. The molecule has 3 heterocycles. The first-order valence-electron chi connectivity index (χ1n) is 10.9. The number of Topliss-reactive ketones (excluding diaryl/α,β-unsaturated/α-hetero) is 1. The van der Waals surface area contributed by atoms with Crippen LogP contribution in [-0.4, -0.2) is 71.4 Å². The number of piperidine rings is 1. The van der Waals surface area contributed by atoms with E-state index >= 15 is 0 Å². The third-order valence-electron chi connectivity index (χ3n) is 6.07. The van der Waals surface area contributed by atoms with Gasteiger partial charge in [0.25, 0.3) is 0 Å². The Morgan fingerprint density at radius 3 is 2.74 bits per heavy atom. The monoisotopic (exact) mass is 489 g/mol. The Labute approximate surface area is 197 Å². The quantitative estimate of drug-likeness (QED) is 0.392. The Bertz CT molecular complexity index is 1360. The molecule has 0 aliphatic carbocycles. The van der Waals surface area contributed by atoms with Gasteiger partial charge in [-0.05, 0) is 61.6 Å². The molecule has 3 aromatic rings. The fourth-order valence-corrected chi connectivity index (χ4v) is 5.90. The predicted molar refractivity (Wildman–Crippen MR) is 122 cm³/mol. The Morgan fingerprint density at radius 1 is 1.26 bits per heavy atom. The number of methoxy groups -OCH3 is 1. The standard InChI is InChI=1S/C22H27N5O6S/c1-13-6-5-9-26(11-13)34(30,31)16-7-8-17-18(10-16)27(25-24-17)33-12-19(28)21-14(2)20(15(3)23-21)22(29)32-4/h7-8,10,13,23H,5-6,9,11-12H2,1-4H3. The van der Waals surface area contributed by atoms with Gasteiger partial charge in [0.2, 0.25) is 15.8 Å². The fourth-order valence-electron chi connectivity index (χ4n) is 4.28. The summed E-state index contributed by atoms with van der Waals surface area (Å²) in [5.74, 6) is -0.649. The summed E-state index contributed by atoms with van der Waals surface area (Å²) in [4.78, 5) is 34.3. The lowest BCUT2D eigenvalue weighted by molar-refractivity contribution is 0.0599. The summed E-state index contributed by atoms with van der Waals surface area (Å²) in [5, 5.41) is 7.88. The van der Waals surface area contributed by atoms with Gasteiger partial charge in [-0.25, -0.2) is 13.2 Å². The summed E-state index contributed by atoms with van der Waals surface area (Å²) in [6.45, 7) is 5.91. The van der Waals surface area contributed by atoms with E-state index in [1.54, 1.807) is 19.9 Å². The molecular weight excluding hydrogens is 462 g/mol. The van der Waals surface area contributed by atoms with E-state index in [-0.39, 0.29) is 10.6 Å². The van der Waals surface area contributed by atoms with Crippen LogP contribution in [0.4, 0.5) is 0 Å². The maximum absolute atomic E-state index is 13.2. The second-order valence-corrected chi connectivity index (χ2v) is 10.5. The van der Waals surface area contributed by atoms with Crippen molar-refractivity contribution in [2.45, 2.75) is 38.5 Å². The van der Waals surface area contributed by atoms with Gasteiger partial charge < -0.3 is 14.6 Å². The summed E-state index contributed by atoms with van der Waals surface area (Å²) in [5.41, 5.74) is 2.27. The number of ketones is 1. The zero-order valence-corrected chi connectivity index (χ0v) is 20.3. The average Bonchev–Trinajstić information content (AvgIpc) is 3.36. The molecule has 1 aliphatic heterocycles. The molecule has 1 saturated heterocycles. The van der Waals surface area contributed by atoms with E-state index in [9.17, 15) is 18.0 Å². The van der Waals surface area contributed by atoms with Crippen molar-refractivity contribution in [2.24, 2.45) is 5.92 Å². The number of benzene rings is 1. The predicted octanol–water partition coefficient (Wildman–Crippen LogP) is 1.89. The zero-order valence-electron chi connectivity index (χ0n) is 19.5. The van der Waals surface area contributed by atoms with Crippen molar-refractivity contribution in [3.05, 3.63) is 40.7 Å². The van der Waals surface area contributed by atoms with Gasteiger partial charge in [-0.2, -0.15) is 4.31 Å². The summed E-state index contributed by atoms with van der Waals surface area (Å²) < 4.78 is 32.6. The number of sulfonamides is 1. The molecule has 1 aliphatic rings. The minimum atomic E-state index is -3.68. The first kappa shape index (κ1) is 23.9. The molecule has 182 valence electrons. The molecule has 0 bridgehead atoms. The SMILES string of the molecule is COC(=O)c1c(C)[nH]c(C(=O)COn2nnc3ccc(S(=O)(=O)N4CCCC(C)C4)cc32)c1C. The summed E-state index contributed by atoms with van der Waals surface area (Å²) in [7, 11) is -2.41. The van der Waals surface area contributed by atoms with Crippen molar-refractivity contribution < 1.29 is 27.6 Å². The van der Waals surface area contributed by atoms with Gasteiger partial charge in [0.05, 0.1) is 23.3 Å². The molecule has 1 atom stereocenters. The average molecular weight is 490 g/mol. The minimum absolute atomic E-state index is 0.117. The molecule has 34 heavy (non-hydrogen) atoms. The van der Waals surface area contributed by atoms with Gasteiger partial charge in [0.15, 0.2) is 6.61 Å². The molecule has 0 radical (unpaired) electrons. The van der Waals surface area contributed by atoms with E-state index in [0.717, 1.165) is 17.7 Å². The van der Waals surface area contributed by atoms with Crippen LogP contribution < -0.4 is 4.84 Å². The Balaban J connectivity index is 1.56. The number of aromatic amines is 1. The molecule has 0 saturated carbocycles. The molecule has 4 rings (SSSR count). The highest BCUT2D eigenvalue weighted by atomic mass is 32.2. The number of aromatic nitrogens is 4. The number of esters is 1. The second kappa shape index (κ2) is 9.18. The minimum Gasteiger partial charge on any atom is -0.465 e. The molecule has 2 aromatic heterocycles. The first-order valence-corrected chi connectivity index (χ1v) is 12.4. The van der Waals surface area contributed by atoms with E-state index in [0.29, 0.717) is 46.9 Å². The zero-order chi connectivity index (χ0) is 24.6. The van der Waals surface area contributed by atoms with E-state index in [1.807, 2.05) is 6.92 Å². The molecule has 1 N–H and O–H groups in total. The maximum atomic E-state index is 13.2. The largest absolute Gasteiger partial charge is 0.465 e. The van der Waals surface area contributed by atoms with Crippen molar-refractivity contribution in [3.8, 4) is 0 Å². The van der Waals surface area contributed by atoms with E-state index < -0.39 is 28.4 Å². The number of hydrogen-bond acceptors (Lipinski definition) is 8. The molecule has 1 aromatic carbocycles. The van der Waals surface area contributed by atoms with Gasteiger partial charge >= 0.3 is 5.97 Å². The van der Waals surface area contributed by atoms with Crippen molar-refractivity contribution >= 4 is 32.8 Å². The number of nitrogens with one attached hydrogen (secondary N) is 1. The second-order valence-electron chi connectivity index (χ2n) is 8.54. The van der Waals surface area contributed by atoms with E-state index in [1.165, 1.54) is 23.5 Å². The van der Waals surface area contributed by atoms with Gasteiger partial charge in [0, 0.05) is 18.8 Å². The molecule has 11 nitrogen and oxygen atoms in total. The third-order valence-corrected chi connectivity index (χ3v) is 7.93. The van der Waals surface area contributed by atoms with Crippen molar-refractivity contribution in [2.75, 3.05) is 26.8 Å². The van der Waals surface area contributed by atoms with Crippen molar-refractivity contribution in [1.82, 2.24) is 24.4 Å². The van der Waals surface area contributed by atoms with Crippen LogP contribution in [0.15, 0.2) is 23.1 Å². The number of fused-ring (bicyclic) bond motifs is 1. The maximum Gasteiger partial charge on any atom is 0.339 e. The molecule has 0 spiro atoms. The van der Waals surface area contributed by atoms with Crippen LogP contribution in [0.25, 0.3) is 11.0 Å². The molecular formula is C22H27N5O6S. The first-order chi connectivity index (χ1) is 16.1. The molecule has 1 unspecified atom stereocenters. The van der Waals surface area contributed by atoms with E-state index in [4.69, 9.17) is 9.57 Å². The Kier molecular flexibility index (Phi) is 6.45. The lowest BCUT2D eigenvalue weighted by atomic mass is 10.0. The smallest absolute Gasteiger partial charge is 0.339 e. The number of ether oxygens (including phenoxy) is 1. The number of rotatable bonds is 7. The highest BCUT2D eigenvalue weighted by Gasteiger charge is 2.29. The van der Waals surface area contributed by atoms with Crippen LogP contribution >= 0.6 is 0 Å². The Morgan fingerprint density at radius 2 is 2.03 bits per heavy atom. The summed E-state index contributed by atoms with van der Waals surface area (Å²) in [6.07, 6.45) is 1.83. The lowest BCUT2D eigenvalue weighted by Gasteiger charge is -2.30. The van der Waals surface area contributed by atoms with Crippen LogP contribution in [-0.2, 0) is 14.8 Å². The fraction of sp³-hybridized carbons (Fsp3) is 0.455. The third kappa shape index (κ3) is 4.30. The van der Waals surface area contributed by atoms with Crippen LogP contribution in [0.3, 0.4) is 0 Å². The van der Waals surface area contributed by atoms with Gasteiger partial charge in [-0.3, -0.25) is 4.79 Å². The lowest BCUT2D eigenvalue weighted by Crippen LogP contribution is -2.39. The number of carbonyl (C=O) groups is 2. The van der Waals surface area contributed by atoms with Crippen LogP contribution in [0, 0.1) is 19.8 Å². The molecule has 1 fully saturated rings. The highest BCUT2D eigenvalue weighted by Crippen LogP contribution is 2.25. The van der Waals surface area contributed by atoms with Crippen LogP contribution in [0.1, 0.15) is 51.9 Å². The number of H-pyrrole nitrogens is 1. The number of aryl methyl sites for hydroxylation is 1. The van der Waals surface area contributed by atoms with Crippen molar-refractivity contribution in [3.63, 3.8) is 0 Å². The number of nitrogens with zero attached hydrogens (tertiary/aromatic N) is 4. The number of hydrogen-bond donors (Lipinski definition) is 1. The van der Waals surface area contributed by atoms with Gasteiger partial charge in [-0.15, -0.1) is 5.10 Å². The van der Waals surface area contributed by atoms with Crippen LogP contribution in [0.5, 0.6) is 0 Å². The highest BCUT2D eigenvalue weighted by molar-refractivity contribution is 7.89. The van der Waals surface area contributed by atoms with Gasteiger partial charge in [-0.1, -0.05) is 11.8 Å². The van der Waals surface area contributed by atoms with E-state index in [2.05, 4.69) is 15.3 Å². The normalized spacial score (nSPS) is 17.1. The Hall–Kier alpha value is -3.25. The van der Waals surface area contributed by atoms with Crippen molar-refractivity contribution in [1.29, 1.82) is 0 Å². The summed E-state index contributed by atoms with van der Waals surface area (Å²) >= 11 is 0.